The molecule has 1 aromatic rings. The fraction of sp³-hybridized carbons (Fsp3) is 0.500. The van der Waals surface area contributed by atoms with Crippen molar-refractivity contribution in [3.8, 4) is 0 Å². The van der Waals surface area contributed by atoms with Gasteiger partial charge < -0.3 is 9.84 Å². The molecule has 0 amide bonds. The van der Waals surface area contributed by atoms with E-state index in [9.17, 15) is 9.59 Å². The van der Waals surface area contributed by atoms with Crippen molar-refractivity contribution in [3.63, 3.8) is 0 Å². The predicted molar refractivity (Wildman–Crippen MR) is 74.6 cm³/mol. The number of hydrogen-bond acceptors (Lipinski definition) is 3. The fourth-order valence-electron chi connectivity index (χ4n) is 3.22. The highest BCUT2D eigenvalue weighted by atomic mass is 16.5. The number of methoxy groups -OCH3 is 1. The van der Waals surface area contributed by atoms with Crippen LogP contribution in [0.1, 0.15) is 43.2 Å². The van der Waals surface area contributed by atoms with Crippen LogP contribution in [-0.2, 0) is 26.2 Å². The van der Waals surface area contributed by atoms with Crippen LogP contribution in [-0.4, -0.2) is 24.2 Å². The van der Waals surface area contributed by atoms with E-state index in [1.54, 1.807) is 0 Å². The van der Waals surface area contributed by atoms with E-state index in [0.29, 0.717) is 19.3 Å². The number of aryl methyl sites for hydroxylation is 1. The zero-order valence-electron chi connectivity index (χ0n) is 11.7. The first-order chi connectivity index (χ1) is 9.57. The molecule has 1 N–H and O–H groups in total. The minimum atomic E-state index is -0.787. The molecule has 0 bridgehead atoms. The molecule has 108 valence electrons. The molecule has 0 saturated carbocycles. The molecule has 0 fully saturated rings. The molecule has 1 unspecified atom stereocenters. The van der Waals surface area contributed by atoms with Gasteiger partial charge in [0, 0.05) is 11.8 Å². The summed E-state index contributed by atoms with van der Waals surface area (Å²) in [5.74, 6) is -1.01. The number of fused-ring (bicyclic) bond motifs is 1. The zero-order chi connectivity index (χ0) is 14.6. The van der Waals surface area contributed by atoms with Crippen LogP contribution in [0.3, 0.4) is 0 Å². The monoisotopic (exact) mass is 276 g/mol. The fourth-order valence-corrected chi connectivity index (χ4v) is 3.22. The number of esters is 1. The molecule has 20 heavy (non-hydrogen) atoms. The Kier molecular flexibility index (Phi) is 4.42. The third kappa shape index (κ3) is 3.00. The number of aliphatic carboxylic acids is 1. The van der Waals surface area contributed by atoms with Gasteiger partial charge in [-0.2, -0.15) is 0 Å². The third-order valence-corrected chi connectivity index (χ3v) is 4.22. The number of rotatable bonds is 6. The van der Waals surface area contributed by atoms with E-state index in [1.165, 1.54) is 18.2 Å². The van der Waals surface area contributed by atoms with E-state index in [2.05, 4.69) is 12.1 Å². The van der Waals surface area contributed by atoms with Gasteiger partial charge in [-0.3, -0.25) is 9.59 Å². The normalized spacial score (nSPS) is 20.4. The quantitative estimate of drug-likeness (QED) is 0.811. The number of carboxylic acid groups (broad SMARTS) is 1. The van der Waals surface area contributed by atoms with Crippen LogP contribution in [0.4, 0.5) is 0 Å². The Bertz CT molecular complexity index is 509. The molecular weight excluding hydrogens is 256 g/mol. The molecule has 1 atom stereocenters. The number of carboxylic acids is 1. The summed E-state index contributed by atoms with van der Waals surface area (Å²) in [6.07, 6.45) is 3.61. The molecule has 0 radical (unpaired) electrons. The van der Waals surface area contributed by atoms with Crippen LogP contribution in [0.2, 0.25) is 0 Å². The van der Waals surface area contributed by atoms with Gasteiger partial charge in [-0.25, -0.2) is 0 Å². The summed E-state index contributed by atoms with van der Waals surface area (Å²) in [7, 11) is 1.40. The maximum atomic E-state index is 11.7. The maximum absolute atomic E-state index is 11.7. The Balaban J connectivity index is 2.21. The maximum Gasteiger partial charge on any atom is 0.306 e. The van der Waals surface area contributed by atoms with E-state index in [0.717, 1.165) is 12.8 Å². The average Bonchev–Trinajstić information content (AvgIpc) is 2.78. The van der Waals surface area contributed by atoms with E-state index in [4.69, 9.17) is 9.84 Å². The molecule has 0 spiro atoms. The topological polar surface area (TPSA) is 63.6 Å². The molecule has 0 aromatic heterocycles. The summed E-state index contributed by atoms with van der Waals surface area (Å²) >= 11 is 0. The Morgan fingerprint density at radius 3 is 2.80 bits per heavy atom. The van der Waals surface area contributed by atoms with Crippen LogP contribution in [0.25, 0.3) is 0 Å². The molecule has 4 nitrogen and oxygen atoms in total. The van der Waals surface area contributed by atoms with Crippen molar-refractivity contribution < 1.29 is 19.4 Å². The number of hydrogen-bond donors (Lipinski definition) is 1. The van der Waals surface area contributed by atoms with E-state index in [-0.39, 0.29) is 17.8 Å². The minimum absolute atomic E-state index is 0.144. The van der Waals surface area contributed by atoms with Crippen molar-refractivity contribution in [2.75, 3.05) is 7.11 Å². The van der Waals surface area contributed by atoms with Gasteiger partial charge >= 0.3 is 11.9 Å². The lowest BCUT2D eigenvalue weighted by Gasteiger charge is -2.29. The number of carbonyl (C=O) groups excluding carboxylic acids is 1. The summed E-state index contributed by atoms with van der Waals surface area (Å²) in [6, 6.07) is 8.13. The largest absolute Gasteiger partial charge is 0.481 e. The van der Waals surface area contributed by atoms with Gasteiger partial charge in [-0.05, 0) is 36.8 Å². The predicted octanol–water partition coefficient (Wildman–Crippen LogP) is 2.69. The summed E-state index contributed by atoms with van der Waals surface area (Å²) in [5.41, 5.74) is 2.21. The highest BCUT2D eigenvalue weighted by Gasteiger charge is 2.40. The van der Waals surface area contributed by atoms with Gasteiger partial charge in [0.05, 0.1) is 13.5 Å². The Morgan fingerprint density at radius 1 is 1.35 bits per heavy atom. The Morgan fingerprint density at radius 2 is 2.10 bits per heavy atom. The van der Waals surface area contributed by atoms with Gasteiger partial charge in [0.1, 0.15) is 0 Å². The zero-order valence-corrected chi connectivity index (χ0v) is 11.7. The second kappa shape index (κ2) is 6.07. The SMILES string of the molecule is COC(=O)CC1(CCCC(=O)O)CCc2ccccc21. The molecule has 0 heterocycles. The van der Waals surface area contributed by atoms with E-state index >= 15 is 0 Å². The lowest BCUT2D eigenvalue weighted by molar-refractivity contribution is -0.142. The van der Waals surface area contributed by atoms with Crippen LogP contribution < -0.4 is 0 Å². The first-order valence-electron chi connectivity index (χ1n) is 6.94. The number of carbonyl (C=O) groups is 2. The molecule has 1 aromatic carbocycles. The Labute approximate surface area is 118 Å². The van der Waals surface area contributed by atoms with Gasteiger partial charge in [0.25, 0.3) is 0 Å². The lowest BCUT2D eigenvalue weighted by Crippen LogP contribution is -2.27. The lowest BCUT2D eigenvalue weighted by atomic mass is 9.75. The Hall–Kier alpha value is -1.84. The molecule has 0 aliphatic heterocycles. The molecule has 1 aliphatic carbocycles. The second-order valence-corrected chi connectivity index (χ2v) is 5.44. The molecule has 0 saturated heterocycles. The summed E-state index contributed by atoms with van der Waals surface area (Å²) in [5, 5.41) is 8.80. The van der Waals surface area contributed by atoms with E-state index in [1.807, 2.05) is 12.1 Å². The summed E-state index contributed by atoms with van der Waals surface area (Å²) < 4.78 is 4.82. The smallest absolute Gasteiger partial charge is 0.306 e. The highest BCUT2D eigenvalue weighted by molar-refractivity contribution is 5.72. The summed E-state index contributed by atoms with van der Waals surface area (Å²) in [4.78, 5) is 22.5. The average molecular weight is 276 g/mol. The summed E-state index contributed by atoms with van der Waals surface area (Å²) in [6.45, 7) is 0. The van der Waals surface area contributed by atoms with Crippen molar-refractivity contribution in [1.82, 2.24) is 0 Å². The van der Waals surface area contributed by atoms with Crippen molar-refractivity contribution >= 4 is 11.9 Å². The molecule has 2 rings (SSSR count). The van der Waals surface area contributed by atoms with Crippen LogP contribution in [0, 0.1) is 0 Å². The first kappa shape index (κ1) is 14.6. The minimum Gasteiger partial charge on any atom is -0.481 e. The van der Waals surface area contributed by atoms with Crippen LogP contribution in [0.5, 0.6) is 0 Å². The highest BCUT2D eigenvalue weighted by Crippen LogP contribution is 2.45. The first-order valence-corrected chi connectivity index (χ1v) is 6.94. The van der Waals surface area contributed by atoms with Crippen LogP contribution >= 0.6 is 0 Å². The molecular formula is C16H20O4. The molecule has 1 aliphatic rings. The third-order valence-electron chi connectivity index (χ3n) is 4.22. The van der Waals surface area contributed by atoms with Crippen molar-refractivity contribution in [1.29, 1.82) is 0 Å². The van der Waals surface area contributed by atoms with Crippen LogP contribution in [0.15, 0.2) is 24.3 Å². The standard InChI is InChI=1S/C16H20O4/c1-20-15(19)11-16(9-4-7-14(17)18)10-8-12-5-2-3-6-13(12)16/h2-3,5-6H,4,7-11H2,1H3,(H,17,18). The van der Waals surface area contributed by atoms with E-state index < -0.39 is 5.97 Å². The van der Waals surface area contributed by atoms with Gasteiger partial charge in [0.15, 0.2) is 0 Å². The second-order valence-electron chi connectivity index (χ2n) is 5.44. The van der Waals surface area contributed by atoms with Crippen molar-refractivity contribution in [3.05, 3.63) is 35.4 Å². The number of ether oxygens (including phenoxy) is 1. The number of benzene rings is 1. The van der Waals surface area contributed by atoms with Gasteiger partial charge in [-0.1, -0.05) is 24.3 Å². The van der Waals surface area contributed by atoms with Crippen molar-refractivity contribution in [2.45, 2.75) is 43.9 Å². The van der Waals surface area contributed by atoms with Crippen molar-refractivity contribution in [2.24, 2.45) is 0 Å². The molecule has 4 heteroatoms. The van der Waals surface area contributed by atoms with Gasteiger partial charge in [-0.15, -0.1) is 0 Å². The van der Waals surface area contributed by atoms with Gasteiger partial charge in [0.2, 0.25) is 0 Å².